The number of aryl methyl sites for hydroxylation is 1. The Hall–Kier alpha value is -2.63. The molecule has 1 aliphatic rings. The van der Waals surface area contributed by atoms with E-state index < -0.39 is 0 Å². The molecule has 2 heterocycles. The molecule has 0 bridgehead atoms. The lowest BCUT2D eigenvalue weighted by Crippen LogP contribution is -2.44. The highest BCUT2D eigenvalue weighted by Crippen LogP contribution is 2.36. The smallest absolute Gasteiger partial charge is 0.231 e. The minimum absolute atomic E-state index is 0.0557. The third-order valence-electron chi connectivity index (χ3n) is 4.22. The summed E-state index contributed by atoms with van der Waals surface area (Å²) in [5.74, 6) is 0.624. The second-order valence-electron chi connectivity index (χ2n) is 5.82. The molecule has 2 aromatic rings. The van der Waals surface area contributed by atoms with Gasteiger partial charge in [0.1, 0.15) is 5.76 Å². The standard InChI is InChI=1S/C17H19N3O3/c1-11-10-14(19-23-11)18-17(22)13-8-9-15(21)20(2)16(13)12-6-4-3-5-7-12/h3-7,10,13,16H,8-9H2,1-2H3,(H,18,19,22)/t13-,16-/m0/s1. The molecule has 0 aliphatic carbocycles. The van der Waals surface area contributed by atoms with Crippen molar-refractivity contribution in [2.75, 3.05) is 12.4 Å². The van der Waals surface area contributed by atoms with E-state index in [2.05, 4.69) is 10.5 Å². The Morgan fingerprint density at radius 3 is 2.74 bits per heavy atom. The van der Waals surface area contributed by atoms with Gasteiger partial charge in [0.2, 0.25) is 11.8 Å². The molecule has 2 amide bonds. The van der Waals surface area contributed by atoms with E-state index in [9.17, 15) is 9.59 Å². The lowest BCUT2D eigenvalue weighted by atomic mass is 9.84. The number of aromatic nitrogens is 1. The Labute approximate surface area is 134 Å². The Morgan fingerprint density at radius 2 is 2.09 bits per heavy atom. The van der Waals surface area contributed by atoms with E-state index in [-0.39, 0.29) is 23.8 Å². The van der Waals surface area contributed by atoms with Crippen LogP contribution in [0.2, 0.25) is 0 Å². The van der Waals surface area contributed by atoms with Crippen molar-refractivity contribution < 1.29 is 14.1 Å². The topological polar surface area (TPSA) is 75.4 Å². The fourth-order valence-electron chi connectivity index (χ4n) is 3.06. The van der Waals surface area contributed by atoms with Crippen LogP contribution in [-0.4, -0.2) is 28.9 Å². The van der Waals surface area contributed by atoms with Crippen molar-refractivity contribution in [2.24, 2.45) is 5.92 Å². The summed E-state index contributed by atoms with van der Waals surface area (Å²) in [6, 6.07) is 11.0. The first-order valence-electron chi connectivity index (χ1n) is 7.61. The number of piperidine rings is 1. The van der Waals surface area contributed by atoms with Gasteiger partial charge in [-0.05, 0) is 18.9 Å². The number of hydrogen-bond acceptors (Lipinski definition) is 4. The quantitative estimate of drug-likeness (QED) is 0.945. The molecule has 3 rings (SSSR count). The molecule has 2 atom stereocenters. The van der Waals surface area contributed by atoms with Gasteiger partial charge in [0.25, 0.3) is 0 Å². The number of nitrogens with zero attached hydrogens (tertiary/aromatic N) is 2. The predicted molar refractivity (Wildman–Crippen MR) is 84.5 cm³/mol. The predicted octanol–water partition coefficient (Wildman–Crippen LogP) is 2.53. The van der Waals surface area contributed by atoms with Crippen molar-refractivity contribution in [1.29, 1.82) is 0 Å². The molecule has 6 heteroatoms. The van der Waals surface area contributed by atoms with Crippen molar-refractivity contribution in [2.45, 2.75) is 25.8 Å². The van der Waals surface area contributed by atoms with Crippen molar-refractivity contribution in [1.82, 2.24) is 10.1 Å². The normalized spacial score (nSPS) is 21.3. The van der Waals surface area contributed by atoms with E-state index in [1.807, 2.05) is 30.3 Å². The van der Waals surface area contributed by atoms with E-state index in [4.69, 9.17) is 4.52 Å². The van der Waals surface area contributed by atoms with Gasteiger partial charge in [-0.2, -0.15) is 0 Å². The molecule has 1 aromatic heterocycles. The molecule has 0 radical (unpaired) electrons. The monoisotopic (exact) mass is 313 g/mol. The van der Waals surface area contributed by atoms with E-state index >= 15 is 0 Å². The highest BCUT2D eigenvalue weighted by molar-refractivity contribution is 5.94. The lowest BCUT2D eigenvalue weighted by molar-refractivity contribution is -0.140. The molecule has 1 aliphatic heterocycles. The highest BCUT2D eigenvalue weighted by Gasteiger charge is 2.38. The van der Waals surface area contributed by atoms with E-state index in [0.717, 1.165) is 5.56 Å². The van der Waals surface area contributed by atoms with Crippen LogP contribution in [0.3, 0.4) is 0 Å². The van der Waals surface area contributed by atoms with Crippen LogP contribution in [0, 0.1) is 12.8 Å². The Kier molecular flexibility index (Phi) is 4.14. The van der Waals surface area contributed by atoms with Crippen molar-refractivity contribution in [3.8, 4) is 0 Å². The van der Waals surface area contributed by atoms with Crippen LogP contribution in [0.4, 0.5) is 5.82 Å². The second-order valence-corrected chi connectivity index (χ2v) is 5.82. The maximum Gasteiger partial charge on any atom is 0.231 e. The zero-order valence-electron chi connectivity index (χ0n) is 13.2. The Morgan fingerprint density at radius 1 is 1.35 bits per heavy atom. The summed E-state index contributed by atoms with van der Waals surface area (Å²) in [5.41, 5.74) is 0.958. The van der Waals surface area contributed by atoms with Gasteiger partial charge in [0, 0.05) is 19.5 Å². The molecule has 120 valence electrons. The van der Waals surface area contributed by atoms with Crippen LogP contribution in [0.15, 0.2) is 40.9 Å². The number of rotatable bonds is 3. The molecular formula is C17H19N3O3. The minimum Gasteiger partial charge on any atom is -0.360 e. The summed E-state index contributed by atoms with van der Waals surface area (Å²) in [6.45, 7) is 1.77. The summed E-state index contributed by atoms with van der Waals surface area (Å²) in [7, 11) is 1.75. The first-order valence-corrected chi connectivity index (χ1v) is 7.61. The van der Waals surface area contributed by atoms with Crippen LogP contribution in [0.1, 0.15) is 30.2 Å². The van der Waals surface area contributed by atoms with Gasteiger partial charge < -0.3 is 14.7 Å². The number of carbonyl (C=O) groups excluding carboxylic acids is 2. The molecule has 6 nitrogen and oxygen atoms in total. The first kappa shape index (κ1) is 15.3. The highest BCUT2D eigenvalue weighted by atomic mass is 16.5. The van der Waals surface area contributed by atoms with Gasteiger partial charge in [-0.3, -0.25) is 9.59 Å². The molecule has 0 saturated carbocycles. The van der Waals surface area contributed by atoms with Crippen molar-refractivity contribution in [3.63, 3.8) is 0 Å². The number of carbonyl (C=O) groups is 2. The zero-order chi connectivity index (χ0) is 16.4. The van der Waals surface area contributed by atoms with Crippen LogP contribution >= 0.6 is 0 Å². The SMILES string of the molecule is Cc1cc(NC(=O)[C@H]2CCC(=O)N(C)[C@H]2c2ccccc2)no1. The summed E-state index contributed by atoms with van der Waals surface area (Å²) in [6.07, 6.45) is 0.890. The average Bonchev–Trinajstić information content (AvgIpc) is 2.95. The number of amides is 2. The van der Waals surface area contributed by atoms with Crippen LogP contribution in [0.25, 0.3) is 0 Å². The zero-order valence-corrected chi connectivity index (χ0v) is 13.2. The summed E-state index contributed by atoms with van der Waals surface area (Å²) >= 11 is 0. The van der Waals surface area contributed by atoms with Crippen molar-refractivity contribution >= 4 is 17.6 Å². The third kappa shape index (κ3) is 3.11. The average molecular weight is 313 g/mol. The maximum atomic E-state index is 12.7. The third-order valence-corrected chi connectivity index (χ3v) is 4.22. The second kappa shape index (κ2) is 6.24. The lowest BCUT2D eigenvalue weighted by Gasteiger charge is -2.38. The van der Waals surface area contributed by atoms with Crippen LogP contribution in [-0.2, 0) is 9.59 Å². The molecule has 1 N–H and O–H groups in total. The van der Waals surface area contributed by atoms with Crippen LogP contribution < -0.4 is 5.32 Å². The van der Waals surface area contributed by atoms with E-state index in [1.165, 1.54) is 0 Å². The molecular weight excluding hydrogens is 294 g/mol. The van der Waals surface area contributed by atoms with Gasteiger partial charge >= 0.3 is 0 Å². The number of benzene rings is 1. The Bertz CT molecular complexity index is 711. The molecule has 1 saturated heterocycles. The molecule has 0 unspecified atom stereocenters. The summed E-state index contributed by atoms with van der Waals surface area (Å²) in [4.78, 5) is 26.4. The van der Waals surface area contributed by atoms with Gasteiger partial charge in [-0.25, -0.2) is 0 Å². The fraction of sp³-hybridized carbons (Fsp3) is 0.353. The number of hydrogen-bond donors (Lipinski definition) is 1. The van der Waals surface area contributed by atoms with Gasteiger partial charge in [-0.1, -0.05) is 35.5 Å². The van der Waals surface area contributed by atoms with Gasteiger partial charge in [0.15, 0.2) is 5.82 Å². The molecule has 23 heavy (non-hydrogen) atoms. The summed E-state index contributed by atoms with van der Waals surface area (Å²) < 4.78 is 4.97. The molecule has 1 fully saturated rings. The minimum atomic E-state index is -0.322. The van der Waals surface area contributed by atoms with Gasteiger partial charge in [0.05, 0.1) is 12.0 Å². The molecule has 0 spiro atoms. The van der Waals surface area contributed by atoms with Gasteiger partial charge in [-0.15, -0.1) is 0 Å². The number of anilines is 1. The van der Waals surface area contributed by atoms with Crippen molar-refractivity contribution in [3.05, 3.63) is 47.7 Å². The molecule has 1 aromatic carbocycles. The first-order chi connectivity index (χ1) is 11.1. The Balaban J connectivity index is 1.85. The fourth-order valence-corrected chi connectivity index (χ4v) is 3.06. The van der Waals surface area contributed by atoms with E-state index in [1.54, 1.807) is 24.9 Å². The maximum absolute atomic E-state index is 12.7. The number of likely N-dealkylation sites (tertiary alicyclic amines) is 1. The summed E-state index contributed by atoms with van der Waals surface area (Å²) in [5, 5.41) is 6.58. The largest absolute Gasteiger partial charge is 0.360 e. The van der Waals surface area contributed by atoms with Crippen LogP contribution in [0.5, 0.6) is 0 Å². The number of nitrogens with one attached hydrogen (secondary N) is 1. The van der Waals surface area contributed by atoms with E-state index in [0.29, 0.717) is 24.4 Å².